The molecule has 124 valence electrons. The number of carboxylic acid groups (broad SMARTS) is 1. The van der Waals surface area contributed by atoms with Crippen LogP contribution in [0.1, 0.15) is 44.3 Å². The number of H-pyrrole nitrogens is 1. The first kappa shape index (κ1) is 14.9. The summed E-state index contributed by atoms with van der Waals surface area (Å²) in [6.07, 6.45) is 2.79. The molecule has 0 bridgehead atoms. The van der Waals surface area contributed by atoms with Crippen LogP contribution in [-0.2, 0) is 4.79 Å². The van der Waals surface area contributed by atoms with Gasteiger partial charge in [0.25, 0.3) is 5.56 Å². The molecule has 3 aromatic rings. The monoisotopic (exact) mass is 325 g/mol. The number of nitrogens with zero attached hydrogens (tertiary/aromatic N) is 2. The highest BCUT2D eigenvalue weighted by Crippen LogP contribution is 2.39. The minimum atomic E-state index is -0.773. The van der Waals surface area contributed by atoms with Crippen molar-refractivity contribution in [2.24, 2.45) is 5.92 Å². The molecule has 4 rings (SSSR count). The minimum absolute atomic E-state index is 0.0298. The van der Waals surface area contributed by atoms with E-state index in [-0.39, 0.29) is 23.4 Å². The van der Waals surface area contributed by atoms with Crippen molar-refractivity contribution < 1.29 is 9.90 Å². The van der Waals surface area contributed by atoms with Crippen LogP contribution in [0.15, 0.2) is 29.2 Å². The highest BCUT2D eigenvalue weighted by molar-refractivity contribution is 5.96. The molecule has 2 aromatic heterocycles. The maximum atomic E-state index is 13.1. The normalized spacial score (nSPS) is 20.6. The Morgan fingerprint density at radius 2 is 2.04 bits per heavy atom. The lowest BCUT2D eigenvalue weighted by Crippen LogP contribution is -2.39. The fourth-order valence-corrected chi connectivity index (χ4v) is 3.61. The number of hydrogen-bond donors (Lipinski definition) is 2. The molecule has 24 heavy (non-hydrogen) atoms. The molecule has 1 aliphatic rings. The number of nitrogens with one attached hydrogen (secondary N) is 1. The third-order valence-electron chi connectivity index (χ3n) is 5.06. The van der Waals surface area contributed by atoms with Crippen LogP contribution >= 0.6 is 0 Å². The van der Waals surface area contributed by atoms with Gasteiger partial charge in [0.05, 0.1) is 17.6 Å². The summed E-state index contributed by atoms with van der Waals surface area (Å²) in [6.45, 7) is 4.11. The van der Waals surface area contributed by atoms with E-state index < -0.39 is 5.97 Å². The third kappa shape index (κ3) is 2.13. The number of aliphatic carboxylic acids is 1. The second-order valence-electron chi connectivity index (χ2n) is 6.96. The molecule has 0 saturated heterocycles. The van der Waals surface area contributed by atoms with Gasteiger partial charge in [-0.25, -0.2) is 0 Å². The molecule has 6 heteroatoms. The van der Waals surface area contributed by atoms with E-state index in [0.717, 1.165) is 22.0 Å². The summed E-state index contributed by atoms with van der Waals surface area (Å²) in [7, 11) is 0. The maximum absolute atomic E-state index is 13.1. The van der Waals surface area contributed by atoms with Crippen molar-refractivity contribution in [1.82, 2.24) is 14.8 Å². The Kier molecular flexibility index (Phi) is 3.23. The Morgan fingerprint density at radius 3 is 2.71 bits per heavy atom. The molecule has 1 fully saturated rings. The lowest BCUT2D eigenvalue weighted by atomic mass is 9.79. The quantitative estimate of drug-likeness (QED) is 0.775. The van der Waals surface area contributed by atoms with Crippen LogP contribution in [0.4, 0.5) is 0 Å². The molecule has 0 amide bonds. The summed E-state index contributed by atoms with van der Waals surface area (Å²) < 4.78 is 1.81. The number of hydrogen-bond acceptors (Lipinski definition) is 3. The van der Waals surface area contributed by atoms with E-state index in [1.165, 1.54) is 0 Å². The molecule has 2 heterocycles. The lowest BCUT2D eigenvalue weighted by molar-refractivity contribution is -0.146. The molecule has 0 aliphatic heterocycles. The number of fused-ring (bicyclic) bond motifs is 2. The van der Waals surface area contributed by atoms with E-state index in [1.807, 2.05) is 16.7 Å². The van der Waals surface area contributed by atoms with Crippen molar-refractivity contribution in [3.05, 3.63) is 40.4 Å². The van der Waals surface area contributed by atoms with Gasteiger partial charge >= 0.3 is 5.97 Å². The van der Waals surface area contributed by atoms with Crippen molar-refractivity contribution in [2.75, 3.05) is 0 Å². The number of carbonyl (C=O) groups is 1. The molecule has 1 saturated carbocycles. The Labute approximate surface area is 138 Å². The Bertz CT molecular complexity index is 1010. The van der Waals surface area contributed by atoms with Crippen molar-refractivity contribution in [3.63, 3.8) is 0 Å². The number of pyridine rings is 1. The molecule has 0 spiro atoms. The molecule has 1 aliphatic carbocycles. The molecule has 0 unspecified atom stereocenters. The summed E-state index contributed by atoms with van der Waals surface area (Å²) in [6, 6.07) is 5.85. The molecule has 6 nitrogen and oxygen atoms in total. The molecular weight excluding hydrogens is 306 g/mol. The number of carboxylic acids is 1. The number of aromatic nitrogens is 3. The summed E-state index contributed by atoms with van der Waals surface area (Å²) in [5.41, 5.74) is 1.76. The second kappa shape index (κ2) is 5.19. The van der Waals surface area contributed by atoms with E-state index in [0.29, 0.717) is 18.2 Å². The highest BCUT2D eigenvalue weighted by Gasteiger charge is 2.37. The molecule has 1 aromatic carbocycles. The van der Waals surface area contributed by atoms with Crippen LogP contribution in [0.2, 0.25) is 0 Å². The van der Waals surface area contributed by atoms with Gasteiger partial charge in [-0.1, -0.05) is 13.8 Å². The fourth-order valence-electron chi connectivity index (χ4n) is 3.61. The Morgan fingerprint density at radius 1 is 1.29 bits per heavy atom. The van der Waals surface area contributed by atoms with Crippen molar-refractivity contribution in [1.29, 1.82) is 0 Å². The zero-order valence-corrected chi connectivity index (χ0v) is 13.6. The average molecular weight is 325 g/mol. The minimum Gasteiger partial charge on any atom is -0.481 e. The van der Waals surface area contributed by atoms with E-state index in [1.54, 1.807) is 6.20 Å². The van der Waals surface area contributed by atoms with Crippen molar-refractivity contribution in [3.8, 4) is 0 Å². The first-order valence-corrected chi connectivity index (χ1v) is 8.20. The van der Waals surface area contributed by atoms with Crippen LogP contribution in [0.5, 0.6) is 0 Å². The van der Waals surface area contributed by atoms with E-state index in [4.69, 9.17) is 5.11 Å². The zero-order valence-electron chi connectivity index (χ0n) is 13.6. The topological polar surface area (TPSA) is 88.0 Å². The molecule has 2 N–H and O–H groups in total. The first-order chi connectivity index (χ1) is 11.5. The van der Waals surface area contributed by atoms with Gasteiger partial charge in [0.15, 0.2) is 0 Å². The van der Waals surface area contributed by atoms with Gasteiger partial charge in [0.1, 0.15) is 0 Å². The van der Waals surface area contributed by atoms with Crippen molar-refractivity contribution >= 4 is 27.6 Å². The van der Waals surface area contributed by atoms with Gasteiger partial charge in [-0.05, 0) is 42.3 Å². The third-order valence-corrected chi connectivity index (χ3v) is 5.06. The van der Waals surface area contributed by atoms with Crippen LogP contribution in [0.25, 0.3) is 21.7 Å². The molecule has 0 radical (unpaired) electrons. The Hall–Kier alpha value is -2.63. The van der Waals surface area contributed by atoms with Gasteiger partial charge in [-0.3, -0.25) is 14.7 Å². The average Bonchev–Trinajstić information content (AvgIpc) is 2.92. The number of aromatic amines is 1. The predicted octanol–water partition coefficient (Wildman–Crippen LogP) is 3.04. The molecular formula is C18H19N3O3. The van der Waals surface area contributed by atoms with Gasteiger partial charge in [0.2, 0.25) is 0 Å². The standard InChI is InChI=1S/C18H19N3O3/c1-9(2)16-6-10-3-12-8-19-20-15(12)7-14(10)17(22)21(16)13-4-11(5-13)18(23)24/h3,6-9,11,13H,4-5H2,1-2H3,(H,19,20)(H,23,24). The number of rotatable bonds is 3. The van der Waals surface area contributed by atoms with Crippen LogP contribution in [0.3, 0.4) is 0 Å². The fraction of sp³-hybridized carbons (Fsp3) is 0.389. The van der Waals surface area contributed by atoms with Gasteiger partial charge in [-0.2, -0.15) is 5.10 Å². The largest absolute Gasteiger partial charge is 0.481 e. The van der Waals surface area contributed by atoms with Crippen LogP contribution < -0.4 is 5.56 Å². The lowest BCUT2D eigenvalue weighted by Gasteiger charge is -2.36. The second-order valence-corrected chi connectivity index (χ2v) is 6.96. The van der Waals surface area contributed by atoms with E-state index >= 15 is 0 Å². The van der Waals surface area contributed by atoms with Gasteiger partial charge in [-0.15, -0.1) is 0 Å². The van der Waals surface area contributed by atoms with Crippen LogP contribution in [0, 0.1) is 5.92 Å². The number of benzene rings is 1. The Balaban J connectivity index is 1.92. The zero-order chi connectivity index (χ0) is 17.0. The highest BCUT2D eigenvalue weighted by atomic mass is 16.4. The van der Waals surface area contributed by atoms with Gasteiger partial charge in [0, 0.05) is 22.5 Å². The SMILES string of the molecule is CC(C)c1cc2cc3cn[nH]c3cc2c(=O)n1C1CC(C(=O)O)C1. The predicted molar refractivity (Wildman–Crippen MR) is 91.3 cm³/mol. The summed E-state index contributed by atoms with van der Waals surface area (Å²) in [4.78, 5) is 24.2. The summed E-state index contributed by atoms with van der Waals surface area (Å²) in [5, 5.41) is 18.6. The summed E-state index contributed by atoms with van der Waals surface area (Å²) >= 11 is 0. The van der Waals surface area contributed by atoms with Crippen molar-refractivity contribution in [2.45, 2.75) is 38.6 Å². The van der Waals surface area contributed by atoms with E-state index in [2.05, 4.69) is 30.1 Å². The maximum Gasteiger partial charge on any atom is 0.306 e. The van der Waals surface area contributed by atoms with Gasteiger partial charge < -0.3 is 9.67 Å². The molecule has 0 atom stereocenters. The van der Waals surface area contributed by atoms with Crippen LogP contribution in [-0.4, -0.2) is 25.8 Å². The smallest absolute Gasteiger partial charge is 0.306 e. The summed E-state index contributed by atoms with van der Waals surface area (Å²) in [5.74, 6) is -0.927. The van der Waals surface area contributed by atoms with E-state index in [9.17, 15) is 9.59 Å². The first-order valence-electron chi connectivity index (χ1n) is 8.20.